The summed E-state index contributed by atoms with van der Waals surface area (Å²) in [6, 6.07) is 2.09. The molecule has 130 valence electrons. The van der Waals surface area contributed by atoms with Crippen molar-refractivity contribution in [2.24, 2.45) is 0 Å². The molecule has 1 N–H and O–H groups in total. The zero-order valence-corrected chi connectivity index (χ0v) is 15.9. The van der Waals surface area contributed by atoms with E-state index in [1.54, 1.807) is 22.7 Å². The van der Waals surface area contributed by atoms with Gasteiger partial charge < -0.3 is 10.0 Å². The summed E-state index contributed by atoms with van der Waals surface area (Å²) in [5.74, 6) is 0.728. The van der Waals surface area contributed by atoms with Crippen LogP contribution in [0.25, 0.3) is 21.8 Å². The highest BCUT2D eigenvalue weighted by Crippen LogP contribution is 2.35. The molecule has 4 heterocycles. The van der Waals surface area contributed by atoms with Crippen molar-refractivity contribution in [1.82, 2.24) is 15.0 Å². The molecule has 0 saturated carbocycles. The maximum Gasteiger partial charge on any atom is 0.225 e. The van der Waals surface area contributed by atoms with Gasteiger partial charge in [-0.3, -0.25) is 0 Å². The second-order valence-electron chi connectivity index (χ2n) is 6.32. The van der Waals surface area contributed by atoms with E-state index in [1.165, 1.54) is 4.88 Å². The molecule has 0 radical (unpaired) electrons. The molecule has 0 aromatic carbocycles. The monoisotopic (exact) mass is 372 g/mol. The van der Waals surface area contributed by atoms with Crippen LogP contribution >= 0.6 is 22.7 Å². The predicted molar refractivity (Wildman–Crippen MR) is 103 cm³/mol. The smallest absolute Gasteiger partial charge is 0.225 e. The van der Waals surface area contributed by atoms with Crippen LogP contribution in [0.4, 0.5) is 5.95 Å². The Labute approximate surface area is 155 Å². The normalized spacial score (nSPS) is 15.7. The summed E-state index contributed by atoms with van der Waals surface area (Å²) in [5, 5.41) is 14.9. The molecule has 3 aromatic heterocycles. The zero-order valence-electron chi connectivity index (χ0n) is 14.3. The van der Waals surface area contributed by atoms with E-state index in [0.717, 1.165) is 59.4 Å². The maximum absolute atomic E-state index is 9.73. The van der Waals surface area contributed by atoms with Crippen molar-refractivity contribution in [2.75, 3.05) is 18.0 Å². The van der Waals surface area contributed by atoms with Crippen molar-refractivity contribution in [3.8, 4) is 21.8 Å². The van der Waals surface area contributed by atoms with Gasteiger partial charge in [0.2, 0.25) is 5.95 Å². The van der Waals surface area contributed by atoms with Crippen molar-refractivity contribution in [1.29, 1.82) is 0 Å². The number of aromatic nitrogens is 3. The van der Waals surface area contributed by atoms with E-state index in [4.69, 9.17) is 9.97 Å². The van der Waals surface area contributed by atoms with E-state index in [0.29, 0.717) is 0 Å². The van der Waals surface area contributed by atoms with Crippen LogP contribution in [-0.4, -0.2) is 39.3 Å². The second-order valence-corrected chi connectivity index (χ2v) is 8.31. The van der Waals surface area contributed by atoms with E-state index in [2.05, 4.69) is 33.6 Å². The number of thiophene rings is 1. The highest BCUT2D eigenvalue weighted by Gasteiger charge is 2.22. The lowest BCUT2D eigenvalue weighted by Gasteiger charge is -2.29. The van der Waals surface area contributed by atoms with Gasteiger partial charge in [0, 0.05) is 29.7 Å². The molecule has 0 spiro atoms. The SMILES string of the molecule is Cc1nc(-c2nc(N3CCC(O)CC3)ncc2-c2ccsc2)sc1C. The number of hydrogen-bond acceptors (Lipinski definition) is 7. The Balaban J connectivity index is 1.78. The lowest BCUT2D eigenvalue weighted by molar-refractivity contribution is 0.145. The van der Waals surface area contributed by atoms with Crippen LogP contribution in [0.3, 0.4) is 0 Å². The fraction of sp³-hybridized carbons (Fsp3) is 0.389. The van der Waals surface area contributed by atoms with E-state index < -0.39 is 0 Å². The molecule has 0 unspecified atom stereocenters. The molecule has 3 aromatic rings. The van der Waals surface area contributed by atoms with Crippen LogP contribution in [0.15, 0.2) is 23.0 Å². The highest BCUT2D eigenvalue weighted by molar-refractivity contribution is 7.15. The standard InChI is InChI=1S/C18H20N4OS2/c1-11-12(2)25-17(20-11)16-15(13-5-8-24-10-13)9-19-18(21-16)22-6-3-14(23)4-7-22/h5,8-10,14,23H,3-4,6-7H2,1-2H3. The fourth-order valence-electron chi connectivity index (χ4n) is 2.96. The molecule has 0 atom stereocenters. The molecule has 25 heavy (non-hydrogen) atoms. The van der Waals surface area contributed by atoms with Gasteiger partial charge in [-0.2, -0.15) is 11.3 Å². The van der Waals surface area contributed by atoms with Crippen LogP contribution in [-0.2, 0) is 0 Å². The van der Waals surface area contributed by atoms with Gasteiger partial charge in [0.1, 0.15) is 10.7 Å². The van der Waals surface area contributed by atoms with Crippen molar-refractivity contribution in [3.63, 3.8) is 0 Å². The molecule has 0 aliphatic carbocycles. The van der Waals surface area contributed by atoms with Gasteiger partial charge in [-0.05, 0) is 49.1 Å². The summed E-state index contributed by atoms with van der Waals surface area (Å²) >= 11 is 3.35. The Morgan fingerprint density at radius 3 is 2.64 bits per heavy atom. The lowest BCUT2D eigenvalue weighted by Crippen LogP contribution is -2.36. The molecule has 0 amide bonds. The number of aliphatic hydroxyl groups excluding tert-OH is 1. The molecule has 1 aliphatic rings. The molecular weight excluding hydrogens is 352 g/mol. The van der Waals surface area contributed by atoms with Crippen LogP contribution in [0.1, 0.15) is 23.4 Å². The second kappa shape index (κ2) is 6.82. The van der Waals surface area contributed by atoms with Crippen LogP contribution in [0.5, 0.6) is 0 Å². The Morgan fingerprint density at radius 2 is 2.00 bits per heavy atom. The van der Waals surface area contributed by atoms with Crippen molar-refractivity contribution >= 4 is 28.6 Å². The third-order valence-electron chi connectivity index (χ3n) is 4.59. The topological polar surface area (TPSA) is 62.1 Å². The first kappa shape index (κ1) is 16.6. The molecular formula is C18H20N4OS2. The third-order valence-corrected chi connectivity index (χ3v) is 6.35. The Bertz CT molecular complexity index is 848. The molecule has 1 fully saturated rings. The largest absolute Gasteiger partial charge is 0.393 e. The third kappa shape index (κ3) is 3.31. The van der Waals surface area contributed by atoms with Gasteiger partial charge >= 0.3 is 0 Å². The first-order chi connectivity index (χ1) is 12.1. The number of rotatable bonds is 3. The first-order valence-electron chi connectivity index (χ1n) is 8.39. The zero-order chi connectivity index (χ0) is 17.4. The summed E-state index contributed by atoms with van der Waals surface area (Å²) in [7, 11) is 0. The highest BCUT2D eigenvalue weighted by atomic mass is 32.1. The average Bonchev–Trinajstić information content (AvgIpc) is 3.26. The van der Waals surface area contributed by atoms with Gasteiger partial charge in [-0.25, -0.2) is 15.0 Å². The molecule has 1 aliphatic heterocycles. The number of piperidine rings is 1. The minimum Gasteiger partial charge on any atom is -0.393 e. The van der Waals surface area contributed by atoms with Crippen LogP contribution in [0, 0.1) is 13.8 Å². The summed E-state index contributed by atoms with van der Waals surface area (Å²) in [5.41, 5.74) is 4.11. The number of nitrogens with zero attached hydrogens (tertiary/aromatic N) is 4. The minimum atomic E-state index is -0.204. The van der Waals surface area contributed by atoms with Gasteiger partial charge in [-0.1, -0.05) is 0 Å². The summed E-state index contributed by atoms with van der Waals surface area (Å²) in [6.45, 7) is 5.70. The quantitative estimate of drug-likeness (QED) is 0.755. The average molecular weight is 373 g/mol. The number of thiazole rings is 1. The minimum absolute atomic E-state index is 0.204. The van der Waals surface area contributed by atoms with Gasteiger partial charge in [-0.15, -0.1) is 11.3 Å². The Kier molecular flexibility index (Phi) is 4.54. The Hall–Kier alpha value is -1.83. The number of aryl methyl sites for hydroxylation is 2. The van der Waals surface area contributed by atoms with Crippen molar-refractivity contribution in [3.05, 3.63) is 33.6 Å². The number of anilines is 1. The van der Waals surface area contributed by atoms with Crippen LogP contribution in [0.2, 0.25) is 0 Å². The van der Waals surface area contributed by atoms with Gasteiger partial charge in [0.05, 0.1) is 11.8 Å². The van der Waals surface area contributed by atoms with Crippen LogP contribution < -0.4 is 4.90 Å². The first-order valence-corrected chi connectivity index (χ1v) is 10.1. The predicted octanol–water partition coefficient (Wildman–Crippen LogP) is 3.91. The number of hydrogen-bond donors (Lipinski definition) is 1. The lowest BCUT2D eigenvalue weighted by atomic mass is 10.1. The van der Waals surface area contributed by atoms with E-state index in [1.807, 2.05) is 13.1 Å². The molecule has 7 heteroatoms. The van der Waals surface area contributed by atoms with Crippen molar-refractivity contribution < 1.29 is 5.11 Å². The van der Waals surface area contributed by atoms with E-state index in [-0.39, 0.29) is 6.10 Å². The summed E-state index contributed by atoms with van der Waals surface area (Å²) in [6.07, 6.45) is 3.24. The van der Waals surface area contributed by atoms with Gasteiger partial charge in [0.15, 0.2) is 0 Å². The van der Waals surface area contributed by atoms with E-state index in [9.17, 15) is 5.11 Å². The van der Waals surface area contributed by atoms with Gasteiger partial charge in [0.25, 0.3) is 0 Å². The fourth-order valence-corrected chi connectivity index (χ4v) is 4.53. The molecule has 0 bridgehead atoms. The van der Waals surface area contributed by atoms with Crippen molar-refractivity contribution in [2.45, 2.75) is 32.8 Å². The van der Waals surface area contributed by atoms with E-state index >= 15 is 0 Å². The Morgan fingerprint density at radius 1 is 1.20 bits per heavy atom. The molecule has 5 nitrogen and oxygen atoms in total. The molecule has 4 rings (SSSR count). The summed E-state index contributed by atoms with van der Waals surface area (Å²) < 4.78 is 0. The molecule has 1 saturated heterocycles. The maximum atomic E-state index is 9.73. The summed E-state index contributed by atoms with van der Waals surface area (Å²) in [4.78, 5) is 17.6. The number of aliphatic hydroxyl groups is 1.